The number of nitrogens with zero attached hydrogens (tertiary/aromatic N) is 4. The zero-order valence-electron chi connectivity index (χ0n) is 8.15. The third kappa shape index (κ3) is 2.31. The van der Waals surface area contributed by atoms with E-state index in [1.807, 2.05) is 0 Å². The molecule has 0 aliphatic rings. The summed E-state index contributed by atoms with van der Waals surface area (Å²) in [6, 6.07) is 0. The van der Waals surface area contributed by atoms with Gasteiger partial charge in [-0.2, -0.15) is 0 Å². The molecule has 0 N–H and O–H groups in total. The summed E-state index contributed by atoms with van der Waals surface area (Å²) in [5.74, 6) is 0. The van der Waals surface area contributed by atoms with Crippen molar-refractivity contribution < 1.29 is 0 Å². The van der Waals surface area contributed by atoms with Crippen LogP contribution in [0.3, 0.4) is 0 Å². The van der Waals surface area contributed by atoms with Gasteiger partial charge in [-0.15, -0.1) is 10.2 Å². The second-order valence-electron chi connectivity index (χ2n) is 3.03. The van der Waals surface area contributed by atoms with Gasteiger partial charge in [0.2, 0.25) is 4.47 Å². The molecule has 0 aliphatic carbocycles. The van der Waals surface area contributed by atoms with Gasteiger partial charge in [-0.1, -0.05) is 11.3 Å². The molecule has 0 unspecified atom stereocenters. The first-order valence-corrected chi connectivity index (χ1v) is 6.26. The van der Waals surface area contributed by atoms with Gasteiger partial charge in [-0.25, -0.2) is 4.98 Å². The zero-order chi connectivity index (χ0) is 11.7. The molecule has 0 aliphatic heterocycles. The third-order valence-electron chi connectivity index (χ3n) is 1.90. The molecule has 0 saturated heterocycles. The number of halogens is 2. The fraction of sp³-hybridized carbons (Fsp3) is 0.250. The Balaban J connectivity index is 2.36. The van der Waals surface area contributed by atoms with Crippen molar-refractivity contribution in [1.82, 2.24) is 19.7 Å². The molecule has 8 heteroatoms. The van der Waals surface area contributed by atoms with Crippen LogP contribution in [0.1, 0.15) is 10.7 Å². The SMILES string of the molecule is Cc1ncn(Cc2nnc(Cl)s2)c(=O)c1Br. The fourth-order valence-electron chi connectivity index (χ4n) is 1.10. The Hall–Kier alpha value is -0.790. The monoisotopic (exact) mass is 320 g/mol. The van der Waals surface area contributed by atoms with Gasteiger partial charge in [-0.05, 0) is 34.5 Å². The molecular formula is C8H6BrClN4OS. The first-order valence-electron chi connectivity index (χ1n) is 4.27. The van der Waals surface area contributed by atoms with E-state index in [0.29, 0.717) is 26.2 Å². The first kappa shape index (κ1) is 11.7. The molecule has 0 atom stereocenters. The molecular weight excluding hydrogens is 316 g/mol. The van der Waals surface area contributed by atoms with Gasteiger partial charge < -0.3 is 0 Å². The predicted molar refractivity (Wildman–Crippen MR) is 65.0 cm³/mol. The topological polar surface area (TPSA) is 60.7 Å². The minimum atomic E-state index is -0.140. The Labute approximate surface area is 108 Å². The molecule has 0 amide bonds. The highest BCUT2D eigenvalue weighted by molar-refractivity contribution is 9.10. The van der Waals surface area contributed by atoms with Crippen LogP contribution in [-0.2, 0) is 6.54 Å². The van der Waals surface area contributed by atoms with E-state index in [2.05, 4.69) is 31.1 Å². The van der Waals surface area contributed by atoms with Crippen LogP contribution in [0.2, 0.25) is 4.47 Å². The highest BCUT2D eigenvalue weighted by Gasteiger charge is 2.08. The maximum absolute atomic E-state index is 11.8. The third-order valence-corrected chi connectivity index (χ3v) is 3.82. The van der Waals surface area contributed by atoms with E-state index in [0.717, 1.165) is 0 Å². The summed E-state index contributed by atoms with van der Waals surface area (Å²) in [6.45, 7) is 2.09. The van der Waals surface area contributed by atoms with E-state index in [-0.39, 0.29) is 5.56 Å². The lowest BCUT2D eigenvalue weighted by Crippen LogP contribution is -2.22. The summed E-state index contributed by atoms with van der Waals surface area (Å²) in [6.07, 6.45) is 1.48. The van der Waals surface area contributed by atoms with Gasteiger partial charge >= 0.3 is 0 Å². The molecule has 5 nitrogen and oxygen atoms in total. The van der Waals surface area contributed by atoms with Crippen molar-refractivity contribution in [3.63, 3.8) is 0 Å². The molecule has 16 heavy (non-hydrogen) atoms. The van der Waals surface area contributed by atoms with Crippen LogP contribution in [0.5, 0.6) is 0 Å². The number of hydrogen-bond donors (Lipinski definition) is 0. The smallest absolute Gasteiger partial charge is 0.268 e. The summed E-state index contributed by atoms with van der Waals surface area (Å²) in [7, 11) is 0. The van der Waals surface area contributed by atoms with Crippen LogP contribution in [0, 0.1) is 6.92 Å². The summed E-state index contributed by atoms with van der Waals surface area (Å²) in [4.78, 5) is 15.9. The Morgan fingerprint density at radius 3 is 2.94 bits per heavy atom. The molecule has 2 rings (SSSR count). The van der Waals surface area contributed by atoms with Crippen molar-refractivity contribution in [1.29, 1.82) is 0 Å². The molecule has 84 valence electrons. The lowest BCUT2D eigenvalue weighted by atomic mass is 10.4. The molecule has 0 radical (unpaired) electrons. The summed E-state index contributed by atoms with van der Waals surface area (Å²) >= 11 is 10.1. The van der Waals surface area contributed by atoms with E-state index in [4.69, 9.17) is 11.6 Å². The van der Waals surface area contributed by atoms with Crippen LogP contribution >= 0.6 is 38.9 Å². The number of aromatic nitrogens is 4. The fourth-order valence-corrected chi connectivity index (χ4v) is 2.30. The van der Waals surface area contributed by atoms with Gasteiger partial charge in [-0.3, -0.25) is 9.36 Å². The lowest BCUT2D eigenvalue weighted by molar-refractivity contribution is 0.713. The Morgan fingerprint density at radius 2 is 2.31 bits per heavy atom. The lowest BCUT2D eigenvalue weighted by Gasteiger charge is -2.03. The second-order valence-corrected chi connectivity index (χ2v) is 5.46. The molecule has 0 fully saturated rings. The van der Waals surface area contributed by atoms with Crippen molar-refractivity contribution in [3.8, 4) is 0 Å². The Kier molecular flexibility index (Phi) is 3.36. The number of hydrogen-bond acceptors (Lipinski definition) is 5. The van der Waals surface area contributed by atoms with E-state index < -0.39 is 0 Å². The van der Waals surface area contributed by atoms with Gasteiger partial charge in [0.05, 0.1) is 18.6 Å². The number of aryl methyl sites for hydroxylation is 1. The van der Waals surface area contributed by atoms with Crippen LogP contribution in [0.4, 0.5) is 0 Å². The van der Waals surface area contributed by atoms with Crippen molar-refractivity contribution in [2.45, 2.75) is 13.5 Å². The van der Waals surface area contributed by atoms with Crippen molar-refractivity contribution >= 4 is 38.9 Å². The molecule has 0 aromatic carbocycles. The zero-order valence-corrected chi connectivity index (χ0v) is 11.3. The van der Waals surface area contributed by atoms with Crippen molar-refractivity contribution in [2.24, 2.45) is 0 Å². The quantitative estimate of drug-likeness (QED) is 0.847. The van der Waals surface area contributed by atoms with Crippen LogP contribution < -0.4 is 5.56 Å². The van der Waals surface area contributed by atoms with Crippen LogP contribution in [0.25, 0.3) is 0 Å². The number of rotatable bonds is 2. The van der Waals surface area contributed by atoms with Crippen molar-refractivity contribution in [2.75, 3.05) is 0 Å². The van der Waals surface area contributed by atoms with E-state index in [9.17, 15) is 4.79 Å². The average Bonchev–Trinajstić information content (AvgIpc) is 2.65. The molecule has 2 aromatic rings. The summed E-state index contributed by atoms with van der Waals surface area (Å²) in [5.41, 5.74) is 0.523. The predicted octanol–water partition coefficient (Wildman–Crippen LogP) is 1.87. The molecule has 0 bridgehead atoms. The van der Waals surface area contributed by atoms with Crippen LogP contribution in [-0.4, -0.2) is 19.7 Å². The molecule has 2 aromatic heterocycles. The largest absolute Gasteiger partial charge is 0.291 e. The Morgan fingerprint density at radius 1 is 1.56 bits per heavy atom. The van der Waals surface area contributed by atoms with Gasteiger partial charge in [0, 0.05) is 0 Å². The van der Waals surface area contributed by atoms with E-state index in [1.165, 1.54) is 22.2 Å². The Bertz CT molecular complexity index is 582. The minimum Gasteiger partial charge on any atom is -0.291 e. The molecule has 0 saturated carbocycles. The maximum Gasteiger partial charge on any atom is 0.268 e. The molecule has 0 spiro atoms. The van der Waals surface area contributed by atoms with E-state index in [1.54, 1.807) is 6.92 Å². The molecule has 2 heterocycles. The van der Waals surface area contributed by atoms with Crippen molar-refractivity contribution in [3.05, 3.63) is 36.3 Å². The standard InChI is InChI=1S/C8H6BrClN4OS/c1-4-6(9)7(15)14(3-11-4)2-5-12-13-8(10)16-5/h3H,2H2,1H3. The highest BCUT2D eigenvalue weighted by Crippen LogP contribution is 2.15. The first-order chi connectivity index (χ1) is 7.58. The normalized spacial score (nSPS) is 10.7. The maximum atomic E-state index is 11.8. The second kappa shape index (κ2) is 4.60. The van der Waals surface area contributed by atoms with E-state index >= 15 is 0 Å². The summed E-state index contributed by atoms with van der Waals surface area (Å²) in [5, 5.41) is 8.18. The summed E-state index contributed by atoms with van der Waals surface area (Å²) < 4.78 is 2.28. The van der Waals surface area contributed by atoms with Gasteiger partial charge in [0.25, 0.3) is 5.56 Å². The highest BCUT2D eigenvalue weighted by atomic mass is 79.9. The minimum absolute atomic E-state index is 0.140. The van der Waals surface area contributed by atoms with Gasteiger partial charge in [0.15, 0.2) is 0 Å². The van der Waals surface area contributed by atoms with Crippen LogP contribution in [0.15, 0.2) is 15.6 Å². The van der Waals surface area contributed by atoms with Gasteiger partial charge in [0.1, 0.15) is 9.48 Å². The average molecular weight is 322 g/mol.